The van der Waals surface area contributed by atoms with Crippen LogP contribution in [-0.4, -0.2) is 45.1 Å². The largest absolute Gasteiger partial charge is 0.489 e. The van der Waals surface area contributed by atoms with Gasteiger partial charge in [0.1, 0.15) is 18.0 Å². The molecule has 1 heterocycles. The SMILES string of the molecule is Cn1nnnc1-c1ccc(OC/C(=C\F)CNC(=O)OC(C)(C)C)cc1. The van der Waals surface area contributed by atoms with Gasteiger partial charge in [-0.05, 0) is 55.5 Å². The molecule has 9 heteroatoms. The van der Waals surface area contributed by atoms with Gasteiger partial charge in [-0.2, -0.15) is 0 Å². The van der Waals surface area contributed by atoms with Gasteiger partial charge in [0.2, 0.25) is 0 Å². The van der Waals surface area contributed by atoms with Crippen LogP contribution in [0.25, 0.3) is 11.4 Å². The Hall–Kier alpha value is -2.97. The fourth-order valence-corrected chi connectivity index (χ4v) is 1.97. The number of carbonyl (C=O) groups excluding carboxylic acids is 1. The van der Waals surface area contributed by atoms with Gasteiger partial charge in [0.15, 0.2) is 5.82 Å². The summed E-state index contributed by atoms with van der Waals surface area (Å²) in [5.41, 5.74) is 0.496. The van der Waals surface area contributed by atoms with E-state index in [0.717, 1.165) is 5.56 Å². The normalized spacial score (nSPS) is 12.0. The van der Waals surface area contributed by atoms with Gasteiger partial charge < -0.3 is 14.8 Å². The molecule has 2 rings (SSSR count). The first-order chi connectivity index (χ1) is 12.3. The van der Waals surface area contributed by atoms with Crippen LogP contribution in [-0.2, 0) is 11.8 Å². The summed E-state index contributed by atoms with van der Waals surface area (Å²) in [6.07, 6.45) is -0.199. The number of nitrogens with zero attached hydrogens (tertiary/aromatic N) is 4. The Morgan fingerprint density at radius 2 is 2.00 bits per heavy atom. The molecule has 0 fully saturated rings. The van der Waals surface area contributed by atoms with Crippen molar-refractivity contribution >= 4 is 6.09 Å². The molecule has 0 bridgehead atoms. The quantitative estimate of drug-likeness (QED) is 0.848. The third-order valence-electron chi connectivity index (χ3n) is 3.17. The van der Waals surface area contributed by atoms with Crippen LogP contribution in [0.3, 0.4) is 0 Å². The second-order valence-electron chi connectivity index (χ2n) is 6.56. The predicted molar refractivity (Wildman–Crippen MR) is 93.2 cm³/mol. The average molecular weight is 363 g/mol. The van der Waals surface area contributed by atoms with E-state index in [1.54, 1.807) is 56.8 Å². The van der Waals surface area contributed by atoms with E-state index in [9.17, 15) is 9.18 Å². The maximum atomic E-state index is 13.0. The van der Waals surface area contributed by atoms with Crippen LogP contribution in [0.2, 0.25) is 0 Å². The highest BCUT2D eigenvalue weighted by Crippen LogP contribution is 2.19. The molecular formula is C17H22FN5O3. The standard InChI is InChI=1S/C17H22FN5O3/c1-17(2,3)26-16(24)19-10-12(9-18)11-25-14-7-5-13(6-8-14)15-20-21-22-23(15)4/h5-9H,10-11H2,1-4H3,(H,19,24)/b12-9-. The van der Waals surface area contributed by atoms with Crippen molar-refractivity contribution in [1.29, 1.82) is 0 Å². The van der Waals surface area contributed by atoms with Crippen LogP contribution >= 0.6 is 0 Å². The summed E-state index contributed by atoms with van der Waals surface area (Å²) in [7, 11) is 1.75. The molecule has 1 aromatic heterocycles. The molecule has 1 N–H and O–H groups in total. The molecule has 140 valence electrons. The molecule has 0 spiro atoms. The Morgan fingerprint density at radius 3 is 2.54 bits per heavy atom. The fraction of sp³-hybridized carbons (Fsp3) is 0.412. The van der Waals surface area contributed by atoms with E-state index in [1.165, 1.54) is 0 Å². The zero-order valence-electron chi connectivity index (χ0n) is 15.2. The monoisotopic (exact) mass is 363 g/mol. The molecular weight excluding hydrogens is 341 g/mol. The highest BCUT2D eigenvalue weighted by atomic mass is 19.1. The number of hydrogen-bond acceptors (Lipinski definition) is 6. The number of rotatable bonds is 6. The Kier molecular flexibility index (Phi) is 6.26. The van der Waals surface area contributed by atoms with E-state index in [2.05, 4.69) is 20.8 Å². The zero-order valence-corrected chi connectivity index (χ0v) is 15.2. The van der Waals surface area contributed by atoms with Crippen molar-refractivity contribution in [2.45, 2.75) is 26.4 Å². The summed E-state index contributed by atoms with van der Waals surface area (Å²) in [6.45, 7) is 5.25. The van der Waals surface area contributed by atoms with E-state index in [1.807, 2.05) is 0 Å². The van der Waals surface area contributed by atoms with Gasteiger partial charge in [-0.25, -0.2) is 13.9 Å². The summed E-state index contributed by atoms with van der Waals surface area (Å²) >= 11 is 0. The molecule has 0 unspecified atom stereocenters. The molecule has 0 saturated heterocycles. The van der Waals surface area contributed by atoms with Crippen molar-refractivity contribution in [2.24, 2.45) is 7.05 Å². The third kappa shape index (κ3) is 5.83. The van der Waals surface area contributed by atoms with Crippen LogP contribution in [0.5, 0.6) is 5.75 Å². The predicted octanol–water partition coefficient (Wildman–Crippen LogP) is 2.63. The maximum absolute atomic E-state index is 13.0. The number of aryl methyl sites for hydroxylation is 1. The molecule has 0 aliphatic heterocycles. The summed E-state index contributed by atoms with van der Waals surface area (Å²) in [5, 5.41) is 13.8. The first-order valence-corrected chi connectivity index (χ1v) is 7.99. The Bertz CT molecular complexity index is 765. The molecule has 0 atom stereocenters. The van der Waals surface area contributed by atoms with Crippen LogP contribution < -0.4 is 10.1 Å². The second-order valence-corrected chi connectivity index (χ2v) is 6.56. The summed E-state index contributed by atoms with van der Waals surface area (Å²) in [5.74, 6) is 1.18. The molecule has 8 nitrogen and oxygen atoms in total. The van der Waals surface area contributed by atoms with Crippen LogP contribution in [0, 0.1) is 0 Å². The lowest BCUT2D eigenvalue weighted by molar-refractivity contribution is 0.0531. The van der Waals surface area contributed by atoms with E-state index < -0.39 is 11.7 Å². The first-order valence-electron chi connectivity index (χ1n) is 7.99. The number of nitrogens with one attached hydrogen (secondary N) is 1. The van der Waals surface area contributed by atoms with Crippen LogP contribution in [0.15, 0.2) is 36.2 Å². The number of ether oxygens (including phenoxy) is 2. The molecule has 2 aromatic rings. The Balaban J connectivity index is 1.85. The smallest absolute Gasteiger partial charge is 0.407 e. The van der Waals surface area contributed by atoms with Gasteiger partial charge in [-0.1, -0.05) is 0 Å². The number of halogens is 1. The lowest BCUT2D eigenvalue weighted by Gasteiger charge is -2.20. The van der Waals surface area contributed by atoms with Crippen LogP contribution in [0.4, 0.5) is 9.18 Å². The van der Waals surface area contributed by atoms with E-state index in [4.69, 9.17) is 9.47 Å². The molecule has 0 radical (unpaired) electrons. The summed E-state index contributed by atoms with van der Waals surface area (Å²) in [6, 6.07) is 7.08. The number of benzene rings is 1. The average Bonchev–Trinajstić information content (AvgIpc) is 3.00. The topological polar surface area (TPSA) is 91.2 Å². The van der Waals surface area contributed by atoms with Crippen molar-refractivity contribution in [3.05, 3.63) is 36.2 Å². The number of aromatic nitrogens is 4. The molecule has 0 aliphatic carbocycles. The van der Waals surface area contributed by atoms with E-state index >= 15 is 0 Å². The van der Waals surface area contributed by atoms with E-state index in [0.29, 0.717) is 17.9 Å². The van der Waals surface area contributed by atoms with Gasteiger partial charge in [0.25, 0.3) is 0 Å². The van der Waals surface area contributed by atoms with Crippen molar-refractivity contribution in [3.8, 4) is 17.1 Å². The fourth-order valence-electron chi connectivity index (χ4n) is 1.97. The lowest BCUT2D eigenvalue weighted by atomic mass is 10.2. The first kappa shape index (κ1) is 19.4. The summed E-state index contributed by atoms with van der Waals surface area (Å²) in [4.78, 5) is 11.6. The number of carbonyl (C=O) groups is 1. The molecule has 1 aromatic carbocycles. The van der Waals surface area contributed by atoms with Gasteiger partial charge in [0, 0.05) is 24.7 Å². The second kappa shape index (κ2) is 8.41. The molecule has 0 saturated carbocycles. The maximum Gasteiger partial charge on any atom is 0.407 e. The number of amides is 1. The molecule has 0 aliphatic rings. The lowest BCUT2D eigenvalue weighted by Crippen LogP contribution is -2.34. The molecule has 26 heavy (non-hydrogen) atoms. The number of hydrogen-bond donors (Lipinski definition) is 1. The van der Waals surface area contributed by atoms with Crippen LogP contribution in [0.1, 0.15) is 20.8 Å². The Morgan fingerprint density at radius 1 is 1.31 bits per heavy atom. The van der Waals surface area contributed by atoms with E-state index in [-0.39, 0.29) is 18.7 Å². The minimum Gasteiger partial charge on any atom is -0.489 e. The molecule has 1 amide bonds. The van der Waals surface area contributed by atoms with Gasteiger partial charge >= 0.3 is 6.09 Å². The number of alkyl carbamates (subject to hydrolysis) is 1. The highest BCUT2D eigenvalue weighted by Gasteiger charge is 2.16. The third-order valence-corrected chi connectivity index (χ3v) is 3.17. The van der Waals surface area contributed by atoms with Crippen molar-refractivity contribution in [2.75, 3.05) is 13.2 Å². The Labute approximate surface area is 151 Å². The minimum atomic E-state index is -0.613. The number of tetrazole rings is 1. The van der Waals surface area contributed by atoms with Crippen molar-refractivity contribution < 1.29 is 18.7 Å². The van der Waals surface area contributed by atoms with Crippen molar-refractivity contribution in [1.82, 2.24) is 25.5 Å². The zero-order chi connectivity index (χ0) is 19.2. The highest BCUT2D eigenvalue weighted by molar-refractivity contribution is 5.68. The van der Waals surface area contributed by atoms with Gasteiger partial charge in [-0.3, -0.25) is 0 Å². The van der Waals surface area contributed by atoms with Crippen molar-refractivity contribution in [3.63, 3.8) is 0 Å². The summed E-state index contributed by atoms with van der Waals surface area (Å²) < 4.78 is 25.2. The van der Waals surface area contributed by atoms with Gasteiger partial charge in [0.05, 0.1) is 6.33 Å². The minimum absolute atomic E-state index is 0.00282. The van der Waals surface area contributed by atoms with Gasteiger partial charge in [-0.15, -0.1) is 5.10 Å².